The number of rotatable bonds is 54. The standard InChI is InChI=1S/C66H119NO10/c1-4-7-10-13-16-19-22-24-25-26-27-28-29-30-31-32-33-34-35-37-39-42-45-48-51-54-61(71)77-64-63(73)62(72)60(55-68)76-66(64)75-56-57(58(69)52-49-46-43-41-38-36-23-20-17-14-11-8-5-2)67-65(74)59(70)53-50-47-44-40-21-18-15-12-9-6-3/h15-16,18-19,24-25,27-28,49,52,57-60,62-64,66,68-70,72-73H,4-14,17,20-23,26,29-48,50-51,53-56H2,1-3H3,(H,67,74)/b18-15-,19-16-,25-24-,28-27-,52-49+. The summed E-state index contributed by atoms with van der Waals surface area (Å²) in [5.41, 5.74) is 0. The van der Waals surface area contributed by atoms with Gasteiger partial charge in [-0.05, 0) is 83.5 Å². The number of ether oxygens (including phenoxy) is 3. The molecule has 1 fully saturated rings. The third-order valence-corrected chi connectivity index (χ3v) is 14.9. The summed E-state index contributed by atoms with van der Waals surface area (Å²) < 4.78 is 17.6. The first kappa shape index (κ1) is 72.4. The second kappa shape index (κ2) is 54.0. The van der Waals surface area contributed by atoms with Crippen LogP contribution in [0.5, 0.6) is 0 Å². The number of hydrogen-bond acceptors (Lipinski definition) is 10. The highest BCUT2D eigenvalue weighted by Gasteiger charge is 2.47. The third kappa shape index (κ3) is 42.0. The van der Waals surface area contributed by atoms with Crippen LogP contribution in [0.1, 0.15) is 284 Å². The van der Waals surface area contributed by atoms with E-state index in [1.165, 1.54) is 154 Å². The van der Waals surface area contributed by atoms with Crippen LogP contribution in [-0.4, -0.2) is 99.6 Å². The van der Waals surface area contributed by atoms with Gasteiger partial charge < -0.3 is 45.1 Å². The highest BCUT2D eigenvalue weighted by atomic mass is 16.7. The molecule has 0 saturated carbocycles. The van der Waals surface area contributed by atoms with Gasteiger partial charge >= 0.3 is 5.97 Å². The molecule has 1 heterocycles. The predicted octanol–water partition coefficient (Wildman–Crippen LogP) is 15.4. The minimum absolute atomic E-state index is 0.120. The minimum Gasteiger partial charge on any atom is -0.454 e. The number of hydrogen-bond donors (Lipinski definition) is 6. The number of carbonyl (C=O) groups excluding carboxylic acids is 2. The summed E-state index contributed by atoms with van der Waals surface area (Å²) in [6.45, 7) is 5.72. The van der Waals surface area contributed by atoms with Gasteiger partial charge in [-0.2, -0.15) is 0 Å². The van der Waals surface area contributed by atoms with Crippen molar-refractivity contribution in [2.45, 2.75) is 333 Å². The molecule has 8 atom stereocenters. The molecule has 0 radical (unpaired) electrons. The quantitative estimate of drug-likeness (QED) is 0.0195. The largest absolute Gasteiger partial charge is 0.454 e. The van der Waals surface area contributed by atoms with Crippen molar-refractivity contribution >= 4 is 11.9 Å². The Hall–Kier alpha value is -2.64. The molecular formula is C66H119NO10. The van der Waals surface area contributed by atoms with E-state index in [1.54, 1.807) is 6.08 Å². The molecule has 0 aromatic carbocycles. The number of amides is 1. The lowest BCUT2D eigenvalue weighted by molar-refractivity contribution is -0.305. The molecule has 448 valence electrons. The summed E-state index contributed by atoms with van der Waals surface area (Å²) in [5, 5.41) is 56.9. The van der Waals surface area contributed by atoms with Crippen molar-refractivity contribution in [1.29, 1.82) is 0 Å². The van der Waals surface area contributed by atoms with E-state index in [9.17, 15) is 35.1 Å². The van der Waals surface area contributed by atoms with E-state index in [-0.39, 0.29) is 19.4 Å². The monoisotopic (exact) mass is 1090 g/mol. The maximum Gasteiger partial charge on any atom is 0.306 e. The van der Waals surface area contributed by atoms with Gasteiger partial charge in [-0.15, -0.1) is 0 Å². The Morgan fingerprint density at radius 1 is 0.506 bits per heavy atom. The fourth-order valence-corrected chi connectivity index (χ4v) is 9.76. The molecule has 1 aliphatic heterocycles. The average molecular weight is 1090 g/mol. The molecular weight excluding hydrogens is 967 g/mol. The summed E-state index contributed by atoms with van der Waals surface area (Å²) in [6.07, 6.45) is 57.0. The van der Waals surface area contributed by atoms with Crippen LogP contribution < -0.4 is 5.32 Å². The third-order valence-electron chi connectivity index (χ3n) is 14.9. The van der Waals surface area contributed by atoms with Crippen molar-refractivity contribution in [3.63, 3.8) is 0 Å². The van der Waals surface area contributed by atoms with Crippen molar-refractivity contribution < 1.29 is 49.3 Å². The highest BCUT2D eigenvalue weighted by molar-refractivity contribution is 5.80. The van der Waals surface area contributed by atoms with Gasteiger partial charge in [0.2, 0.25) is 5.91 Å². The molecule has 0 aromatic rings. The van der Waals surface area contributed by atoms with Crippen LogP contribution in [0.4, 0.5) is 0 Å². The minimum atomic E-state index is -1.62. The molecule has 0 aromatic heterocycles. The van der Waals surface area contributed by atoms with Gasteiger partial charge in [0, 0.05) is 6.42 Å². The van der Waals surface area contributed by atoms with Gasteiger partial charge in [0.25, 0.3) is 0 Å². The molecule has 0 aliphatic carbocycles. The van der Waals surface area contributed by atoms with E-state index in [2.05, 4.69) is 74.7 Å². The van der Waals surface area contributed by atoms with Crippen LogP contribution in [0.25, 0.3) is 0 Å². The van der Waals surface area contributed by atoms with Crippen molar-refractivity contribution in [3.05, 3.63) is 60.8 Å². The molecule has 0 bridgehead atoms. The summed E-state index contributed by atoms with van der Waals surface area (Å²) in [5.74, 6) is -1.20. The lowest BCUT2D eigenvalue weighted by Gasteiger charge is -2.41. The van der Waals surface area contributed by atoms with Gasteiger partial charge in [-0.25, -0.2) is 0 Å². The summed E-state index contributed by atoms with van der Waals surface area (Å²) in [6, 6.07) is -1.03. The smallest absolute Gasteiger partial charge is 0.306 e. The van der Waals surface area contributed by atoms with Gasteiger partial charge in [-0.1, -0.05) is 255 Å². The fourth-order valence-electron chi connectivity index (χ4n) is 9.76. The predicted molar refractivity (Wildman–Crippen MR) is 320 cm³/mol. The first-order chi connectivity index (χ1) is 37.7. The summed E-state index contributed by atoms with van der Waals surface area (Å²) >= 11 is 0. The van der Waals surface area contributed by atoms with E-state index in [4.69, 9.17) is 14.2 Å². The molecule has 77 heavy (non-hydrogen) atoms. The Bertz CT molecular complexity index is 1480. The van der Waals surface area contributed by atoms with Crippen molar-refractivity contribution in [2.24, 2.45) is 0 Å². The van der Waals surface area contributed by atoms with Crippen LogP contribution in [0, 0.1) is 0 Å². The van der Waals surface area contributed by atoms with Gasteiger partial charge in [0.15, 0.2) is 12.4 Å². The lowest BCUT2D eigenvalue weighted by Crippen LogP contribution is -2.61. The fraction of sp³-hybridized carbons (Fsp3) is 0.818. The van der Waals surface area contributed by atoms with E-state index < -0.39 is 67.4 Å². The van der Waals surface area contributed by atoms with E-state index >= 15 is 0 Å². The number of aliphatic hydroxyl groups is 5. The van der Waals surface area contributed by atoms with Gasteiger partial charge in [-0.3, -0.25) is 9.59 Å². The number of allylic oxidation sites excluding steroid dienone is 9. The Kier molecular flexibility index (Phi) is 50.7. The highest BCUT2D eigenvalue weighted by Crippen LogP contribution is 2.26. The Labute approximate surface area is 471 Å². The molecule has 1 amide bonds. The number of esters is 1. The second-order valence-electron chi connectivity index (χ2n) is 22.1. The molecule has 11 nitrogen and oxygen atoms in total. The maximum absolute atomic E-state index is 13.4. The molecule has 1 aliphatic rings. The van der Waals surface area contributed by atoms with Crippen LogP contribution >= 0.6 is 0 Å². The number of aliphatic hydroxyl groups excluding tert-OH is 5. The normalized spacial score (nSPS) is 19.4. The van der Waals surface area contributed by atoms with Crippen LogP contribution in [0.15, 0.2) is 60.8 Å². The zero-order valence-corrected chi connectivity index (χ0v) is 49.6. The molecule has 6 N–H and O–H groups in total. The molecule has 8 unspecified atom stereocenters. The molecule has 1 rings (SSSR count). The Morgan fingerprint density at radius 3 is 1.42 bits per heavy atom. The van der Waals surface area contributed by atoms with Crippen molar-refractivity contribution in [2.75, 3.05) is 13.2 Å². The first-order valence-corrected chi connectivity index (χ1v) is 32.1. The van der Waals surface area contributed by atoms with Gasteiger partial charge in [0.05, 0.1) is 25.4 Å². The summed E-state index contributed by atoms with van der Waals surface area (Å²) in [7, 11) is 0. The van der Waals surface area contributed by atoms with E-state index in [1.807, 2.05) is 6.08 Å². The zero-order chi connectivity index (χ0) is 56.1. The summed E-state index contributed by atoms with van der Waals surface area (Å²) in [4.78, 5) is 26.5. The zero-order valence-electron chi connectivity index (χ0n) is 49.6. The van der Waals surface area contributed by atoms with Gasteiger partial charge in [0.1, 0.15) is 24.4 Å². The molecule has 0 spiro atoms. The van der Waals surface area contributed by atoms with E-state index in [0.29, 0.717) is 12.8 Å². The number of carbonyl (C=O) groups is 2. The first-order valence-electron chi connectivity index (χ1n) is 32.1. The lowest BCUT2D eigenvalue weighted by atomic mass is 9.99. The number of nitrogens with one attached hydrogen (secondary N) is 1. The van der Waals surface area contributed by atoms with E-state index in [0.717, 1.165) is 83.5 Å². The number of unbranched alkanes of at least 4 members (excludes halogenated alkanes) is 32. The SMILES string of the molecule is CCCC/C=C\CCCCCCC(O)C(=O)NC(COC1OC(CO)C(O)C(O)C1OC(=O)CCCCCCCCCCCCCC/C=C\C/C=C\C/C=C\CCCCC)C(O)/C=C/CCCCCCCCCCCCC. The van der Waals surface area contributed by atoms with Crippen LogP contribution in [0.2, 0.25) is 0 Å². The Balaban J connectivity index is 2.58. The average Bonchev–Trinajstić information content (AvgIpc) is 3.43. The van der Waals surface area contributed by atoms with Crippen LogP contribution in [0.3, 0.4) is 0 Å². The molecule has 11 heteroatoms. The maximum atomic E-state index is 13.4. The molecule has 1 saturated heterocycles. The second-order valence-corrected chi connectivity index (χ2v) is 22.1. The van der Waals surface area contributed by atoms with Crippen molar-refractivity contribution in [3.8, 4) is 0 Å². The Morgan fingerprint density at radius 2 is 0.909 bits per heavy atom. The topological polar surface area (TPSA) is 175 Å². The van der Waals surface area contributed by atoms with Crippen LogP contribution in [-0.2, 0) is 23.8 Å². The van der Waals surface area contributed by atoms with Crippen molar-refractivity contribution in [1.82, 2.24) is 5.32 Å².